The number of fused-ring (bicyclic) bond motifs is 1. The molecular formula is C21H16Br2N2O4S. The van der Waals surface area contributed by atoms with Crippen LogP contribution in [0.25, 0.3) is 6.08 Å². The molecular weight excluding hydrogens is 536 g/mol. The smallest absolute Gasteiger partial charge is 0.294 e. The van der Waals surface area contributed by atoms with Crippen molar-refractivity contribution in [1.29, 1.82) is 0 Å². The molecule has 30 heavy (non-hydrogen) atoms. The number of rotatable bonds is 3. The van der Waals surface area contributed by atoms with E-state index in [1.54, 1.807) is 23.1 Å². The normalized spacial score (nSPS) is 17.6. The van der Waals surface area contributed by atoms with E-state index in [2.05, 4.69) is 37.9 Å². The van der Waals surface area contributed by atoms with Gasteiger partial charge >= 0.3 is 0 Å². The number of carbonyl (C=O) groups excluding carboxylic acids is 3. The summed E-state index contributed by atoms with van der Waals surface area (Å²) < 4.78 is 0.922. The first-order valence-electron chi connectivity index (χ1n) is 9.11. The minimum Gasteiger partial charge on any atom is -0.506 e. The Labute approximate surface area is 194 Å². The van der Waals surface area contributed by atoms with Crippen LogP contribution >= 0.6 is 43.6 Å². The van der Waals surface area contributed by atoms with Crippen LogP contribution in [0.15, 0.2) is 50.2 Å². The van der Waals surface area contributed by atoms with Crippen LogP contribution in [-0.2, 0) is 22.6 Å². The van der Waals surface area contributed by atoms with Crippen LogP contribution in [0.1, 0.15) is 16.7 Å². The third kappa shape index (κ3) is 4.19. The molecule has 2 aromatic rings. The average Bonchev–Trinajstić information content (AvgIpc) is 2.98. The molecule has 2 heterocycles. The maximum Gasteiger partial charge on any atom is 0.294 e. The first-order chi connectivity index (χ1) is 14.3. The van der Waals surface area contributed by atoms with Crippen LogP contribution in [0.2, 0.25) is 0 Å². The molecule has 0 atom stereocenters. The van der Waals surface area contributed by atoms with Crippen molar-refractivity contribution >= 4 is 66.8 Å². The molecule has 2 aliphatic heterocycles. The summed E-state index contributed by atoms with van der Waals surface area (Å²) in [5, 5.41) is 9.36. The number of phenolic OH excluding ortho intramolecular Hbond substituents is 1. The molecule has 0 aromatic heterocycles. The predicted octanol–water partition coefficient (Wildman–Crippen LogP) is 4.54. The highest BCUT2D eigenvalue weighted by Gasteiger charge is 2.37. The van der Waals surface area contributed by atoms with E-state index in [9.17, 15) is 19.5 Å². The molecule has 0 bridgehead atoms. The molecule has 0 unspecified atom stereocenters. The number of amides is 3. The van der Waals surface area contributed by atoms with Gasteiger partial charge in [0.25, 0.3) is 11.1 Å². The van der Waals surface area contributed by atoms with Gasteiger partial charge in [0.15, 0.2) is 0 Å². The first-order valence-corrected chi connectivity index (χ1v) is 11.5. The maximum atomic E-state index is 12.8. The van der Waals surface area contributed by atoms with E-state index < -0.39 is 11.1 Å². The molecule has 0 saturated carbocycles. The van der Waals surface area contributed by atoms with Crippen LogP contribution in [0, 0.1) is 0 Å². The Balaban J connectivity index is 1.48. The van der Waals surface area contributed by atoms with Gasteiger partial charge in [-0.1, -0.05) is 24.3 Å². The van der Waals surface area contributed by atoms with E-state index in [0.717, 1.165) is 28.6 Å². The van der Waals surface area contributed by atoms with Gasteiger partial charge in [-0.15, -0.1) is 0 Å². The van der Waals surface area contributed by atoms with Gasteiger partial charge in [-0.2, -0.15) is 0 Å². The number of hydrogen-bond acceptors (Lipinski definition) is 5. The van der Waals surface area contributed by atoms with Gasteiger partial charge < -0.3 is 10.0 Å². The van der Waals surface area contributed by atoms with Crippen LogP contribution in [0.3, 0.4) is 0 Å². The van der Waals surface area contributed by atoms with E-state index in [4.69, 9.17) is 0 Å². The van der Waals surface area contributed by atoms with E-state index >= 15 is 0 Å². The van der Waals surface area contributed by atoms with Gasteiger partial charge in [0.05, 0.1) is 13.9 Å². The number of phenols is 1. The standard InChI is InChI=1S/C21H16Br2N2O4S/c22-15-7-12(8-16(23)19(15)27)9-17-20(28)25(21(29)30-17)11-18(26)24-6-5-13-3-1-2-4-14(13)10-24/h1-4,7-9,27H,5-6,10-11H2/b17-9-. The van der Waals surface area contributed by atoms with Crippen molar-refractivity contribution in [2.45, 2.75) is 13.0 Å². The number of hydrogen-bond donors (Lipinski definition) is 1. The van der Waals surface area contributed by atoms with E-state index in [1.165, 1.54) is 5.56 Å². The largest absolute Gasteiger partial charge is 0.506 e. The molecule has 1 fully saturated rings. The molecule has 1 saturated heterocycles. The highest BCUT2D eigenvalue weighted by atomic mass is 79.9. The Morgan fingerprint density at radius 3 is 2.50 bits per heavy atom. The first kappa shape index (κ1) is 21.1. The van der Waals surface area contributed by atoms with Gasteiger partial charge in [-0.05, 0) is 84.9 Å². The van der Waals surface area contributed by atoms with Gasteiger partial charge in [0.2, 0.25) is 5.91 Å². The number of carbonyl (C=O) groups is 3. The molecule has 154 valence electrons. The quantitative estimate of drug-likeness (QED) is 0.567. The topological polar surface area (TPSA) is 77.9 Å². The lowest BCUT2D eigenvalue weighted by Gasteiger charge is -2.29. The number of nitrogens with zero attached hydrogens (tertiary/aromatic N) is 2. The molecule has 0 aliphatic carbocycles. The number of thioether (sulfide) groups is 1. The number of benzene rings is 2. The Morgan fingerprint density at radius 2 is 1.80 bits per heavy atom. The highest BCUT2D eigenvalue weighted by molar-refractivity contribution is 9.11. The predicted molar refractivity (Wildman–Crippen MR) is 122 cm³/mol. The van der Waals surface area contributed by atoms with Crippen molar-refractivity contribution in [3.63, 3.8) is 0 Å². The van der Waals surface area contributed by atoms with E-state index in [1.807, 2.05) is 18.2 Å². The minimum atomic E-state index is -0.490. The number of halogens is 2. The van der Waals surface area contributed by atoms with Gasteiger partial charge in [0, 0.05) is 13.1 Å². The lowest BCUT2D eigenvalue weighted by atomic mass is 10.00. The molecule has 4 rings (SSSR count). The zero-order valence-corrected chi connectivity index (χ0v) is 19.6. The van der Waals surface area contributed by atoms with Crippen molar-refractivity contribution in [1.82, 2.24) is 9.80 Å². The fraction of sp³-hybridized carbons (Fsp3) is 0.190. The molecule has 1 N–H and O–H groups in total. The summed E-state index contributed by atoms with van der Waals surface area (Å²) in [6.07, 6.45) is 2.33. The van der Waals surface area contributed by atoms with Crippen molar-refractivity contribution in [2.75, 3.05) is 13.1 Å². The zero-order chi connectivity index (χ0) is 21.4. The lowest BCUT2D eigenvalue weighted by Crippen LogP contribution is -2.44. The molecule has 0 radical (unpaired) electrons. The van der Waals surface area contributed by atoms with Gasteiger partial charge in [0.1, 0.15) is 12.3 Å². The van der Waals surface area contributed by atoms with Crippen molar-refractivity contribution in [3.8, 4) is 5.75 Å². The molecule has 2 aromatic carbocycles. The Kier molecular flexibility index (Phi) is 6.04. The van der Waals surface area contributed by atoms with Crippen molar-refractivity contribution < 1.29 is 19.5 Å². The van der Waals surface area contributed by atoms with Crippen LogP contribution < -0.4 is 0 Å². The van der Waals surface area contributed by atoms with Crippen LogP contribution in [-0.4, -0.2) is 45.0 Å². The van der Waals surface area contributed by atoms with E-state index in [0.29, 0.717) is 27.6 Å². The third-order valence-corrected chi connectivity index (χ3v) is 7.10. The molecule has 2 aliphatic rings. The summed E-state index contributed by atoms with van der Waals surface area (Å²) in [6, 6.07) is 11.3. The molecule has 6 nitrogen and oxygen atoms in total. The fourth-order valence-electron chi connectivity index (χ4n) is 3.40. The van der Waals surface area contributed by atoms with Crippen LogP contribution in [0.4, 0.5) is 4.79 Å². The Bertz CT molecular complexity index is 1080. The summed E-state index contributed by atoms with van der Waals surface area (Å²) in [5.74, 6) is -0.687. The summed E-state index contributed by atoms with van der Waals surface area (Å²) in [5.41, 5.74) is 2.95. The molecule has 0 spiro atoms. The summed E-state index contributed by atoms with van der Waals surface area (Å²) >= 11 is 7.29. The SMILES string of the molecule is O=C(CN1C(=O)S/C(=C\c2cc(Br)c(O)c(Br)c2)C1=O)N1CCc2ccccc2C1. The van der Waals surface area contributed by atoms with Crippen molar-refractivity contribution in [3.05, 3.63) is 66.9 Å². The second-order valence-electron chi connectivity index (χ2n) is 6.94. The van der Waals surface area contributed by atoms with Crippen molar-refractivity contribution in [2.24, 2.45) is 0 Å². The van der Waals surface area contributed by atoms with Gasteiger partial charge in [-0.25, -0.2) is 0 Å². The minimum absolute atomic E-state index is 0.0500. The number of aromatic hydroxyl groups is 1. The maximum absolute atomic E-state index is 12.8. The Morgan fingerprint density at radius 1 is 1.13 bits per heavy atom. The van der Waals surface area contributed by atoms with Crippen LogP contribution in [0.5, 0.6) is 5.75 Å². The average molecular weight is 552 g/mol. The molecule has 3 amide bonds. The zero-order valence-electron chi connectivity index (χ0n) is 15.6. The summed E-state index contributed by atoms with van der Waals surface area (Å²) in [7, 11) is 0. The second kappa shape index (κ2) is 8.56. The Hall–Kier alpha value is -2.10. The third-order valence-electron chi connectivity index (χ3n) is 4.99. The summed E-state index contributed by atoms with van der Waals surface area (Å²) in [6.45, 7) is 0.779. The lowest BCUT2D eigenvalue weighted by molar-refractivity contribution is -0.136. The fourth-order valence-corrected chi connectivity index (χ4v) is 5.46. The highest BCUT2D eigenvalue weighted by Crippen LogP contribution is 2.37. The molecule has 9 heteroatoms. The number of imide groups is 1. The van der Waals surface area contributed by atoms with Gasteiger partial charge in [-0.3, -0.25) is 19.3 Å². The van der Waals surface area contributed by atoms with E-state index in [-0.39, 0.29) is 23.1 Å². The monoisotopic (exact) mass is 550 g/mol. The summed E-state index contributed by atoms with van der Waals surface area (Å²) in [4.78, 5) is 40.8. The second-order valence-corrected chi connectivity index (χ2v) is 9.64.